The number of ether oxygens (including phenoxy) is 1. The lowest BCUT2D eigenvalue weighted by Crippen LogP contribution is -2.09. The van der Waals surface area contributed by atoms with Crippen LogP contribution >= 0.6 is 0 Å². The number of rotatable bonds is 10. The minimum absolute atomic E-state index is 0.186. The molecule has 0 aliphatic carbocycles. The first-order valence-corrected chi connectivity index (χ1v) is 6.50. The summed E-state index contributed by atoms with van der Waals surface area (Å²) < 4.78 is 5.05. The lowest BCUT2D eigenvalue weighted by Gasteiger charge is -2.05. The summed E-state index contributed by atoms with van der Waals surface area (Å²) in [4.78, 5) is 11.1. The van der Waals surface area contributed by atoms with Gasteiger partial charge in [0.1, 0.15) is 0 Å². The number of aliphatic hydroxyl groups is 1. The molecule has 1 unspecified atom stereocenters. The van der Waals surface area contributed by atoms with Gasteiger partial charge in [-0.05, 0) is 19.8 Å². The molecule has 16 heavy (non-hydrogen) atoms. The van der Waals surface area contributed by atoms with E-state index in [-0.39, 0.29) is 5.97 Å². The van der Waals surface area contributed by atoms with E-state index in [0.717, 1.165) is 12.8 Å². The van der Waals surface area contributed by atoms with Gasteiger partial charge in [-0.25, -0.2) is 0 Å². The second-order valence-electron chi connectivity index (χ2n) is 4.38. The van der Waals surface area contributed by atoms with Gasteiger partial charge in [0.25, 0.3) is 0 Å². The molecule has 0 heterocycles. The van der Waals surface area contributed by atoms with E-state index in [9.17, 15) is 4.79 Å². The van der Waals surface area contributed by atoms with Crippen molar-refractivity contribution in [3.05, 3.63) is 0 Å². The van der Waals surface area contributed by atoms with Gasteiger partial charge in [-0.15, -0.1) is 0 Å². The first kappa shape index (κ1) is 15.4. The molecule has 1 N–H and O–H groups in total. The summed E-state index contributed by atoms with van der Waals surface area (Å²) in [6.07, 6.45) is 7.59. The zero-order valence-corrected chi connectivity index (χ0v) is 10.7. The fraction of sp³-hybridized carbons (Fsp3) is 0.923. The topological polar surface area (TPSA) is 46.5 Å². The maximum atomic E-state index is 11.1. The van der Waals surface area contributed by atoms with Gasteiger partial charge in [0, 0.05) is 6.42 Å². The molecule has 0 aromatic rings. The predicted molar refractivity (Wildman–Crippen MR) is 65.2 cm³/mol. The minimum atomic E-state index is -0.415. The lowest BCUT2D eigenvalue weighted by molar-refractivity contribution is -0.144. The zero-order valence-electron chi connectivity index (χ0n) is 10.7. The summed E-state index contributed by atoms with van der Waals surface area (Å²) in [6.45, 7) is 4.41. The molecular formula is C13H26O3. The summed E-state index contributed by atoms with van der Waals surface area (Å²) in [5, 5.41) is 8.99. The molecule has 0 spiro atoms. The molecule has 3 nitrogen and oxygen atoms in total. The molecule has 0 saturated carbocycles. The molecule has 0 bridgehead atoms. The van der Waals surface area contributed by atoms with Crippen molar-refractivity contribution in [3.8, 4) is 0 Å². The fourth-order valence-corrected chi connectivity index (χ4v) is 1.47. The number of esters is 1. The minimum Gasteiger partial charge on any atom is -0.466 e. The number of aliphatic hydroxyl groups excluding tert-OH is 1. The van der Waals surface area contributed by atoms with E-state index < -0.39 is 6.10 Å². The highest BCUT2D eigenvalue weighted by Gasteiger charge is 2.04. The molecule has 0 aliphatic rings. The van der Waals surface area contributed by atoms with Crippen LogP contribution in [-0.4, -0.2) is 23.8 Å². The van der Waals surface area contributed by atoms with Crippen molar-refractivity contribution >= 4 is 5.97 Å². The van der Waals surface area contributed by atoms with Gasteiger partial charge >= 0.3 is 5.97 Å². The van der Waals surface area contributed by atoms with E-state index in [2.05, 4.69) is 6.92 Å². The molecule has 0 amide bonds. The summed E-state index contributed by atoms with van der Waals surface area (Å²) in [5.74, 6) is -0.186. The van der Waals surface area contributed by atoms with Crippen LogP contribution in [0.15, 0.2) is 0 Å². The Hall–Kier alpha value is -0.570. The second-order valence-corrected chi connectivity index (χ2v) is 4.38. The molecule has 0 fully saturated rings. The third-order valence-corrected chi connectivity index (χ3v) is 2.53. The van der Waals surface area contributed by atoms with E-state index >= 15 is 0 Å². The monoisotopic (exact) mass is 230 g/mol. The van der Waals surface area contributed by atoms with Gasteiger partial charge in [0.15, 0.2) is 0 Å². The van der Waals surface area contributed by atoms with Gasteiger partial charge in [-0.3, -0.25) is 4.79 Å². The Balaban J connectivity index is 3.15. The maximum Gasteiger partial charge on any atom is 0.305 e. The molecule has 0 aromatic heterocycles. The smallest absolute Gasteiger partial charge is 0.305 e. The van der Waals surface area contributed by atoms with Crippen LogP contribution in [0.4, 0.5) is 0 Å². The van der Waals surface area contributed by atoms with Crippen molar-refractivity contribution in [3.63, 3.8) is 0 Å². The summed E-state index contributed by atoms with van der Waals surface area (Å²) in [6, 6.07) is 0. The third-order valence-electron chi connectivity index (χ3n) is 2.53. The fourth-order valence-electron chi connectivity index (χ4n) is 1.47. The SMILES string of the molecule is CCCCCCCCOC(=O)CCC(C)O. The highest BCUT2D eigenvalue weighted by molar-refractivity contribution is 5.69. The number of carbonyl (C=O) groups excluding carboxylic acids is 1. The van der Waals surface area contributed by atoms with Crippen molar-refractivity contribution in [1.29, 1.82) is 0 Å². The molecule has 0 aliphatic heterocycles. The van der Waals surface area contributed by atoms with Crippen LogP contribution in [0.2, 0.25) is 0 Å². The molecular weight excluding hydrogens is 204 g/mol. The van der Waals surface area contributed by atoms with Crippen LogP contribution in [0, 0.1) is 0 Å². The van der Waals surface area contributed by atoms with Gasteiger partial charge in [0.2, 0.25) is 0 Å². The second kappa shape index (κ2) is 10.9. The molecule has 96 valence electrons. The Bertz CT molecular complexity index is 167. The number of unbranched alkanes of at least 4 members (excludes halogenated alkanes) is 5. The Kier molecular flexibility index (Phi) is 10.5. The normalized spacial score (nSPS) is 12.4. The standard InChI is InChI=1S/C13H26O3/c1-3-4-5-6-7-8-11-16-13(15)10-9-12(2)14/h12,14H,3-11H2,1-2H3. The zero-order chi connectivity index (χ0) is 12.2. The maximum absolute atomic E-state index is 11.1. The highest BCUT2D eigenvalue weighted by atomic mass is 16.5. The summed E-state index contributed by atoms with van der Waals surface area (Å²) >= 11 is 0. The van der Waals surface area contributed by atoms with Crippen molar-refractivity contribution in [1.82, 2.24) is 0 Å². The van der Waals surface area contributed by atoms with E-state index in [0.29, 0.717) is 19.4 Å². The molecule has 0 rings (SSSR count). The van der Waals surface area contributed by atoms with Crippen LogP contribution in [0.3, 0.4) is 0 Å². The number of hydrogen-bond acceptors (Lipinski definition) is 3. The van der Waals surface area contributed by atoms with Gasteiger partial charge < -0.3 is 9.84 Å². The summed E-state index contributed by atoms with van der Waals surface area (Å²) in [7, 11) is 0. The Morgan fingerprint density at radius 1 is 1.19 bits per heavy atom. The van der Waals surface area contributed by atoms with Gasteiger partial charge in [-0.2, -0.15) is 0 Å². The first-order valence-electron chi connectivity index (χ1n) is 6.50. The van der Waals surface area contributed by atoms with E-state index in [1.54, 1.807) is 6.92 Å². The predicted octanol–water partition coefficient (Wildman–Crippen LogP) is 3.05. The molecule has 0 aromatic carbocycles. The Morgan fingerprint density at radius 3 is 2.44 bits per heavy atom. The molecule has 3 heteroatoms. The van der Waals surface area contributed by atoms with E-state index in [1.807, 2.05) is 0 Å². The van der Waals surface area contributed by atoms with Crippen molar-refractivity contribution in [2.24, 2.45) is 0 Å². The highest BCUT2D eigenvalue weighted by Crippen LogP contribution is 2.05. The van der Waals surface area contributed by atoms with Crippen molar-refractivity contribution in [2.75, 3.05) is 6.61 Å². The van der Waals surface area contributed by atoms with Crippen molar-refractivity contribution in [2.45, 2.75) is 71.3 Å². The van der Waals surface area contributed by atoms with Crippen LogP contribution in [0.1, 0.15) is 65.2 Å². The Morgan fingerprint density at radius 2 is 1.81 bits per heavy atom. The first-order chi connectivity index (χ1) is 7.66. The van der Waals surface area contributed by atoms with Gasteiger partial charge in [0.05, 0.1) is 12.7 Å². The third kappa shape index (κ3) is 11.5. The molecule has 1 atom stereocenters. The average Bonchev–Trinajstić information content (AvgIpc) is 2.25. The number of hydrogen-bond donors (Lipinski definition) is 1. The van der Waals surface area contributed by atoms with Gasteiger partial charge in [-0.1, -0.05) is 39.0 Å². The lowest BCUT2D eigenvalue weighted by atomic mass is 10.1. The van der Waals surface area contributed by atoms with Crippen LogP contribution < -0.4 is 0 Å². The van der Waals surface area contributed by atoms with Crippen LogP contribution in [0.25, 0.3) is 0 Å². The van der Waals surface area contributed by atoms with Crippen LogP contribution in [-0.2, 0) is 9.53 Å². The number of carbonyl (C=O) groups is 1. The van der Waals surface area contributed by atoms with Crippen LogP contribution in [0.5, 0.6) is 0 Å². The Labute approximate surface area is 99.2 Å². The van der Waals surface area contributed by atoms with E-state index in [1.165, 1.54) is 25.7 Å². The summed E-state index contributed by atoms with van der Waals surface area (Å²) in [5.41, 5.74) is 0. The quantitative estimate of drug-likeness (QED) is 0.463. The van der Waals surface area contributed by atoms with Crippen molar-refractivity contribution < 1.29 is 14.6 Å². The largest absolute Gasteiger partial charge is 0.466 e. The molecule has 0 radical (unpaired) electrons. The average molecular weight is 230 g/mol. The molecule has 0 saturated heterocycles. The van der Waals surface area contributed by atoms with E-state index in [4.69, 9.17) is 9.84 Å².